The number of benzene rings is 1. The molecule has 5 heteroatoms. The van der Waals surface area contributed by atoms with E-state index in [0.717, 1.165) is 0 Å². The van der Waals surface area contributed by atoms with Crippen LogP contribution in [-0.2, 0) is 6.42 Å². The van der Waals surface area contributed by atoms with Gasteiger partial charge in [-0.05, 0) is 18.6 Å². The van der Waals surface area contributed by atoms with Crippen molar-refractivity contribution < 1.29 is 14.0 Å². The highest BCUT2D eigenvalue weighted by Gasteiger charge is 2.12. The van der Waals surface area contributed by atoms with Gasteiger partial charge in [0.25, 0.3) is 5.89 Å². The average molecular weight is 222 g/mol. The second kappa shape index (κ2) is 4.40. The summed E-state index contributed by atoms with van der Waals surface area (Å²) in [5.41, 5.74) is 0.500. The van der Waals surface area contributed by atoms with Crippen molar-refractivity contribution in [3.63, 3.8) is 0 Å². The fraction of sp³-hybridized carbons (Fsp3) is 0.273. The molecule has 0 fully saturated rings. The SMILES string of the molecule is CC(O)c1nc(Cc2ccccc2F)no1. The van der Waals surface area contributed by atoms with E-state index in [9.17, 15) is 9.50 Å². The molecule has 0 aliphatic rings. The van der Waals surface area contributed by atoms with Gasteiger partial charge in [-0.2, -0.15) is 4.98 Å². The maximum atomic E-state index is 13.3. The van der Waals surface area contributed by atoms with Crippen molar-refractivity contribution in [1.29, 1.82) is 0 Å². The van der Waals surface area contributed by atoms with Crippen molar-refractivity contribution in [1.82, 2.24) is 10.1 Å². The lowest BCUT2D eigenvalue weighted by Crippen LogP contribution is -1.95. The highest BCUT2D eigenvalue weighted by molar-refractivity contribution is 5.20. The minimum absolute atomic E-state index is 0.145. The lowest BCUT2D eigenvalue weighted by Gasteiger charge is -1.97. The summed E-state index contributed by atoms with van der Waals surface area (Å²) in [5, 5.41) is 12.8. The van der Waals surface area contributed by atoms with Gasteiger partial charge in [-0.25, -0.2) is 4.39 Å². The van der Waals surface area contributed by atoms with Gasteiger partial charge >= 0.3 is 0 Å². The monoisotopic (exact) mass is 222 g/mol. The molecule has 0 aliphatic heterocycles. The van der Waals surface area contributed by atoms with Gasteiger partial charge in [-0.1, -0.05) is 23.4 Å². The van der Waals surface area contributed by atoms with E-state index in [1.54, 1.807) is 18.2 Å². The van der Waals surface area contributed by atoms with Gasteiger partial charge in [0, 0.05) is 6.42 Å². The summed E-state index contributed by atoms with van der Waals surface area (Å²) in [4.78, 5) is 3.95. The number of rotatable bonds is 3. The molecule has 1 aromatic heterocycles. The van der Waals surface area contributed by atoms with Gasteiger partial charge in [-0.15, -0.1) is 0 Å². The molecule has 0 saturated carbocycles. The van der Waals surface area contributed by atoms with Crippen molar-refractivity contribution >= 4 is 0 Å². The molecule has 0 saturated heterocycles. The smallest absolute Gasteiger partial charge is 0.255 e. The van der Waals surface area contributed by atoms with Gasteiger partial charge in [0.05, 0.1) is 0 Å². The van der Waals surface area contributed by atoms with Crippen molar-refractivity contribution in [2.75, 3.05) is 0 Å². The fourth-order valence-corrected chi connectivity index (χ4v) is 1.32. The number of aliphatic hydroxyl groups excluding tert-OH is 1. The summed E-state index contributed by atoms with van der Waals surface area (Å²) < 4.78 is 18.1. The quantitative estimate of drug-likeness (QED) is 0.861. The van der Waals surface area contributed by atoms with E-state index < -0.39 is 6.10 Å². The number of halogens is 1. The molecule has 84 valence electrons. The summed E-state index contributed by atoms with van der Waals surface area (Å²) in [6.45, 7) is 1.53. The predicted octanol–water partition coefficient (Wildman–Crippen LogP) is 1.85. The number of hydrogen-bond acceptors (Lipinski definition) is 4. The molecule has 0 aliphatic carbocycles. The molecule has 1 N–H and O–H groups in total. The second-order valence-electron chi connectivity index (χ2n) is 3.49. The summed E-state index contributed by atoms with van der Waals surface area (Å²) in [6.07, 6.45) is -0.551. The van der Waals surface area contributed by atoms with E-state index in [1.807, 2.05) is 0 Å². The number of hydrogen-bond donors (Lipinski definition) is 1. The topological polar surface area (TPSA) is 59.2 Å². The van der Waals surface area contributed by atoms with Crippen LogP contribution < -0.4 is 0 Å². The third-order valence-corrected chi connectivity index (χ3v) is 2.15. The summed E-state index contributed by atoms with van der Waals surface area (Å²) >= 11 is 0. The molecular weight excluding hydrogens is 211 g/mol. The first kappa shape index (κ1) is 10.8. The standard InChI is InChI=1S/C11H11FN2O2/c1-7(15)11-13-10(14-16-11)6-8-4-2-3-5-9(8)12/h2-5,7,15H,6H2,1H3. The zero-order chi connectivity index (χ0) is 11.5. The molecular formula is C11H11FN2O2. The highest BCUT2D eigenvalue weighted by atomic mass is 19.1. The zero-order valence-electron chi connectivity index (χ0n) is 8.72. The van der Waals surface area contributed by atoms with Crippen LogP contribution in [0.3, 0.4) is 0 Å². The van der Waals surface area contributed by atoms with Crippen molar-refractivity contribution in [2.24, 2.45) is 0 Å². The Labute approximate surface area is 91.7 Å². The average Bonchev–Trinajstić information content (AvgIpc) is 2.70. The third-order valence-electron chi connectivity index (χ3n) is 2.15. The summed E-state index contributed by atoms with van der Waals surface area (Å²) in [6, 6.07) is 6.41. The Balaban J connectivity index is 2.18. The molecule has 0 bridgehead atoms. The molecule has 2 rings (SSSR count). The van der Waals surface area contributed by atoms with E-state index in [0.29, 0.717) is 11.4 Å². The van der Waals surface area contributed by atoms with Crippen molar-refractivity contribution in [3.8, 4) is 0 Å². The maximum Gasteiger partial charge on any atom is 0.255 e. The van der Waals surface area contributed by atoms with Crippen molar-refractivity contribution in [2.45, 2.75) is 19.4 Å². The molecule has 0 amide bonds. The molecule has 1 atom stereocenters. The third kappa shape index (κ3) is 2.25. The molecule has 0 radical (unpaired) electrons. The van der Waals surface area contributed by atoms with Crippen LogP contribution in [0.25, 0.3) is 0 Å². The normalized spacial score (nSPS) is 12.7. The largest absolute Gasteiger partial charge is 0.384 e. The van der Waals surface area contributed by atoms with Crippen LogP contribution in [0.4, 0.5) is 4.39 Å². The van der Waals surface area contributed by atoms with Crippen LogP contribution in [0.1, 0.15) is 30.3 Å². The molecule has 1 aromatic carbocycles. The molecule has 1 unspecified atom stereocenters. The van der Waals surface area contributed by atoms with Crippen LogP contribution in [0.2, 0.25) is 0 Å². The van der Waals surface area contributed by atoms with Gasteiger partial charge in [0.2, 0.25) is 0 Å². The lowest BCUT2D eigenvalue weighted by molar-refractivity contribution is 0.151. The number of aliphatic hydroxyl groups is 1. The Morgan fingerprint density at radius 3 is 2.81 bits per heavy atom. The minimum atomic E-state index is -0.804. The van der Waals surface area contributed by atoms with Crippen LogP contribution >= 0.6 is 0 Å². The van der Waals surface area contributed by atoms with Crippen molar-refractivity contribution in [3.05, 3.63) is 47.4 Å². The highest BCUT2D eigenvalue weighted by Crippen LogP contribution is 2.13. The number of nitrogens with zero attached hydrogens (tertiary/aromatic N) is 2. The molecule has 16 heavy (non-hydrogen) atoms. The van der Waals surface area contributed by atoms with Gasteiger partial charge in [0.15, 0.2) is 5.82 Å². The van der Waals surface area contributed by atoms with E-state index in [4.69, 9.17) is 4.52 Å². The van der Waals surface area contributed by atoms with E-state index in [2.05, 4.69) is 10.1 Å². The van der Waals surface area contributed by atoms with E-state index in [-0.39, 0.29) is 18.1 Å². The van der Waals surface area contributed by atoms with E-state index >= 15 is 0 Å². The van der Waals surface area contributed by atoms with E-state index in [1.165, 1.54) is 13.0 Å². The van der Waals surface area contributed by atoms with Crippen LogP contribution in [0.15, 0.2) is 28.8 Å². The number of aromatic nitrogens is 2. The lowest BCUT2D eigenvalue weighted by atomic mass is 10.1. The first-order chi connectivity index (χ1) is 7.66. The predicted molar refractivity (Wildman–Crippen MR) is 54.1 cm³/mol. The summed E-state index contributed by atoms with van der Waals surface area (Å²) in [5.74, 6) is 0.207. The van der Waals surface area contributed by atoms with Gasteiger partial charge in [-0.3, -0.25) is 0 Å². The Hall–Kier alpha value is -1.75. The Morgan fingerprint density at radius 1 is 1.44 bits per heavy atom. The Morgan fingerprint density at radius 2 is 2.19 bits per heavy atom. The Kier molecular flexibility index (Phi) is 2.96. The molecule has 1 heterocycles. The van der Waals surface area contributed by atoms with Crippen LogP contribution in [0.5, 0.6) is 0 Å². The minimum Gasteiger partial charge on any atom is -0.384 e. The second-order valence-corrected chi connectivity index (χ2v) is 3.49. The summed E-state index contributed by atoms with van der Waals surface area (Å²) in [7, 11) is 0. The van der Waals surface area contributed by atoms with Gasteiger partial charge < -0.3 is 9.63 Å². The maximum absolute atomic E-state index is 13.3. The zero-order valence-corrected chi connectivity index (χ0v) is 8.72. The molecule has 4 nitrogen and oxygen atoms in total. The fourth-order valence-electron chi connectivity index (χ4n) is 1.32. The van der Waals surface area contributed by atoms with Gasteiger partial charge in [0.1, 0.15) is 11.9 Å². The Bertz CT molecular complexity index is 482. The van der Waals surface area contributed by atoms with Crippen LogP contribution in [-0.4, -0.2) is 15.2 Å². The molecule has 2 aromatic rings. The first-order valence-corrected chi connectivity index (χ1v) is 4.91. The van der Waals surface area contributed by atoms with Crippen LogP contribution in [0, 0.1) is 5.82 Å². The first-order valence-electron chi connectivity index (χ1n) is 4.91. The molecule has 0 spiro atoms.